The molecule has 23 heavy (non-hydrogen) atoms. The molecule has 0 bridgehead atoms. The molecule has 0 aliphatic carbocycles. The van der Waals surface area contributed by atoms with Crippen molar-refractivity contribution in [3.63, 3.8) is 0 Å². The molecule has 0 saturated heterocycles. The number of rotatable bonds is 4. The number of ether oxygens (including phenoxy) is 1. The fraction of sp³-hybridized carbons (Fsp3) is 0.333. The second-order valence-corrected chi connectivity index (χ2v) is 5.02. The molecule has 1 aliphatic heterocycles. The lowest BCUT2D eigenvalue weighted by molar-refractivity contribution is -0.139. The molecule has 0 spiro atoms. The maximum atomic E-state index is 12.6. The smallest absolute Gasteiger partial charge is 0.406 e. The molecule has 1 aromatic rings. The molecule has 2 amide bonds. The van der Waals surface area contributed by atoms with Crippen LogP contribution < -0.4 is 10.1 Å². The summed E-state index contributed by atoms with van der Waals surface area (Å²) in [7, 11) is 0. The van der Waals surface area contributed by atoms with Crippen molar-refractivity contribution in [2.75, 3.05) is 18.4 Å². The van der Waals surface area contributed by atoms with Crippen molar-refractivity contribution in [3.05, 3.63) is 36.4 Å². The third-order valence-electron chi connectivity index (χ3n) is 3.17. The van der Waals surface area contributed by atoms with Crippen molar-refractivity contribution in [1.82, 2.24) is 4.90 Å². The number of fused-ring (bicyclic) bond motifs is 1. The molecule has 0 fully saturated rings. The zero-order chi connectivity index (χ0) is 17.2. The summed E-state index contributed by atoms with van der Waals surface area (Å²) < 4.78 is 43.3. The second kappa shape index (κ2) is 6.31. The van der Waals surface area contributed by atoms with Crippen LogP contribution in [0.2, 0.25) is 0 Å². The van der Waals surface area contributed by atoms with Crippen LogP contribution in [-0.4, -0.2) is 42.1 Å². The second-order valence-electron chi connectivity index (χ2n) is 5.02. The van der Waals surface area contributed by atoms with Crippen molar-refractivity contribution >= 4 is 17.5 Å². The molecule has 2 rings (SSSR count). The maximum absolute atomic E-state index is 12.6. The van der Waals surface area contributed by atoms with Crippen LogP contribution in [0.4, 0.5) is 18.9 Å². The summed E-state index contributed by atoms with van der Waals surface area (Å²) in [4.78, 5) is 24.6. The molecule has 1 unspecified atom stereocenters. The van der Waals surface area contributed by atoms with Gasteiger partial charge in [-0.1, -0.05) is 12.1 Å². The van der Waals surface area contributed by atoms with E-state index in [1.54, 1.807) is 0 Å². The molecule has 1 heterocycles. The largest absolute Gasteiger partial charge is 0.478 e. The number of nitrogens with zero attached hydrogens (tertiary/aromatic N) is 1. The first-order valence-corrected chi connectivity index (χ1v) is 6.80. The van der Waals surface area contributed by atoms with Crippen LogP contribution in [0.15, 0.2) is 30.9 Å². The van der Waals surface area contributed by atoms with Crippen LogP contribution in [0.3, 0.4) is 0 Å². The number of carbonyl (C=O) groups excluding carboxylic acids is 2. The lowest BCUT2D eigenvalue weighted by Crippen LogP contribution is -2.40. The van der Waals surface area contributed by atoms with Gasteiger partial charge >= 0.3 is 6.18 Å². The van der Waals surface area contributed by atoms with Gasteiger partial charge in [0.15, 0.2) is 11.9 Å². The standard InChI is InChI=1S/C15H15F3N2O3/c1-3-7-20(8-15(16,17)18)14(22)10-5-4-6-11-12(10)23-9(2)13(21)19-11/h3-6,9H,1,7-8H2,2H3,(H,19,21). The highest BCUT2D eigenvalue weighted by atomic mass is 19.4. The van der Waals surface area contributed by atoms with Gasteiger partial charge in [0.2, 0.25) is 0 Å². The van der Waals surface area contributed by atoms with Gasteiger partial charge in [-0.05, 0) is 19.1 Å². The zero-order valence-corrected chi connectivity index (χ0v) is 12.3. The lowest BCUT2D eigenvalue weighted by Gasteiger charge is -2.28. The average Bonchev–Trinajstić information content (AvgIpc) is 2.45. The number of anilines is 1. The van der Waals surface area contributed by atoms with Gasteiger partial charge in [0, 0.05) is 6.54 Å². The Balaban J connectivity index is 2.37. The number of hydrogen-bond donors (Lipinski definition) is 1. The van der Waals surface area contributed by atoms with E-state index in [4.69, 9.17) is 4.74 Å². The Hall–Kier alpha value is -2.51. The Morgan fingerprint density at radius 1 is 1.48 bits per heavy atom. The van der Waals surface area contributed by atoms with Gasteiger partial charge in [-0.2, -0.15) is 13.2 Å². The quantitative estimate of drug-likeness (QED) is 0.865. The zero-order valence-electron chi connectivity index (χ0n) is 12.3. The summed E-state index contributed by atoms with van der Waals surface area (Å²) in [6.45, 7) is 3.19. The molecular weight excluding hydrogens is 313 g/mol. The van der Waals surface area contributed by atoms with Crippen LogP contribution in [0, 0.1) is 0 Å². The molecule has 0 radical (unpaired) electrons. The van der Waals surface area contributed by atoms with Gasteiger partial charge < -0.3 is 15.0 Å². The van der Waals surface area contributed by atoms with Crippen molar-refractivity contribution in [2.24, 2.45) is 0 Å². The van der Waals surface area contributed by atoms with E-state index in [-0.39, 0.29) is 29.5 Å². The highest BCUT2D eigenvalue weighted by molar-refractivity contribution is 6.04. The average molecular weight is 328 g/mol. The van der Waals surface area contributed by atoms with E-state index in [0.717, 1.165) is 0 Å². The van der Waals surface area contributed by atoms with Crippen LogP contribution in [-0.2, 0) is 4.79 Å². The van der Waals surface area contributed by atoms with Gasteiger partial charge in [0.1, 0.15) is 6.54 Å². The van der Waals surface area contributed by atoms with Crippen molar-refractivity contribution < 1.29 is 27.5 Å². The summed E-state index contributed by atoms with van der Waals surface area (Å²) in [6, 6.07) is 4.33. The Bertz CT molecular complexity index is 643. The van der Waals surface area contributed by atoms with E-state index in [1.165, 1.54) is 31.2 Å². The molecule has 5 nitrogen and oxygen atoms in total. The minimum absolute atomic E-state index is 0.0412. The Labute approximate surface area is 130 Å². The number of amides is 2. The molecular formula is C15H15F3N2O3. The van der Waals surface area contributed by atoms with E-state index in [2.05, 4.69) is 11.9 Å². The maximum Gasteiger partial charge on any atom is 0.406 e. The monoisotopic (exact) mass is 328 g/mol. The minimum Gasteiger partial charge on any atom is -0.478 e. The van der Waals surface area contributed by atoms with Gasteiger partial charge in [-0.15, -0.1) is 6.58 Å². The van der Waals surface area contributed by atoms with E-state index in [1.807, 2.05) is 0 Å². The molecule has 1 N–H and O–H groups in total. The molecule has 124 valence electrons. The number of carbonyl (C=O) groups is 2. The van der Waals surface area contributed by atoms with Gasteiger partial charge in [0.05, 0.1) is 11.3 Å². The predicted molar refractivity (Wildman–Crippen MR) is 77.3 cm³/mol. The number of hydrogen-bond acceptors (Lipinski definition) is 3. The Morgan fingerprint density at radius 2 is 2.17 bits per heavy atom. The van der Waals surface area contributed by atoms with Gasteiger partial charge in [-0.25, -0.2) is 0 Å². The topological polar surface area (TPSA) is 58.6 Å². The van der Waals surface area contributed by atoms with Crippen LogP contribution >= 0.6 is 0 Å². The molecule has 0 aromatic heterocycles. The third kappa shape index (κ3) is 3.82. The fourth-order valence-corrected chi connectivity index (χ4v) is 2.16. The summed E-state index contributed by atoms with van der Waals surface area (Å²) in [5.41, 5.74) is 0.213. The Morgan fingerprint density at radius 3 is 2.78 bits per heavy atom. The highest BCUT2D eigenvalue weighted by Crippen LogP contribution is 2.34. The fourth-order valence-electron chi connectivity index (χ4n) is 2.16. The van der Waals surface area contributed by atoms with Crippen LogP contribution in [0.25, 0.3) is 0 Å². The van der Waals surface area contributed by atoms with E-state index in [0.29, 0.717) is 4.90 Å². The first-order chi connectivity index (χ1) is 10.7. The van der Waals surface area contributed by atoms with E-state index < -0.39 is 24.7 Å². The first-order valence-electron chi connectivity index (χ1n) is 6.80. The predicted octanol–water partition coefficient (Wildman–Crippen LogP) is 2.60. The van der Waals surface area contributed by atoms with E-state index >= 15 is 0 Å². The number of nitrogens with one attached hydrogen (secondary N) is 1. The molecule has 0 saturated carbocycles. The number of alkyl halides is 3. The van der Waals surface area contributed by atoms with Crippen LogP contribution in [0.5, 0.6) is 5.75 Å². The number of halogens is 3. The SMILES string of the molecule is C=CCN(CC(F)(F)F)C(=O)c1cccc2c1OC(C)C(=O)N2. The van der Waals surface area contributed by atoms with Gasteiger partial charge in [-0.3, -0.25) is 9.59 Å². The Kier molecular flexibility index (Phi) is 4.63. The summed E-state index contributed by atoms with van der Waals surface area (Å²) in [5, 5.41) is 2.55. The molecule has 1 atom stereocenters. The molecule has 1 aromatic carbocycles. The molecule has 1 aliphatic rings. The summed E-state index contributed by atoms with van der Waals surface area (Å²) >= 11 is 0. The first kappa shape index (κ1) is 16.9. The normalized spacial score (nSPS) is 16.9. The molecule has 8 heteroatoms. The summed E-state index contributed by atoms with van der Waals surface area (Å²) in [5.74, 6) is -1.16. The van der Waals surface area contributed by atoms with Crippen molar-refractivity contribution in [3.8, 4) is 5.75 Å². The lowest BCUT2D eigenvalue weighted by atomic mass is 10.1. The van der Waals surface area contributed by atoms with Crippen molar-refractivity contribution in [2.45, 2.75) is 19.2 Å². The summed E-state index contributed by atoms with van der Waals surface area (Å²) in [6.07, 6.45) is -4.16. The number of para-hydroxylation sites is 1. The third-order valence-corrected chi connectivity index (χ3v) is 3.17. The van der Waals surface area contributed by atoms with Gasteiger partial charge in [0.25, 0.3) is 11.8 Å². The number of benzene rings is 1. The van der Waals surface area contributed by atoms with E-state index in [9.17, 15) is 22.8 Å². The minimum atomic E-state index is -4.53. The van der Waals surface area contributed by atoms with Crippen LogP contribution in [0.1, 0.15) is 17.3 Å². The van der Waals surface area contributed by atoms with Crippen molar-refractivity contribution in [1.29, 1.82) is 0 Å². The highest BCUT2D eigenvalue weighted by Gasteiger charge is 2.35.